The first kappa shape index (κ1) is 19.3. The van der Waals surface area contributed by atoms with Crippen molar-refractivity contribution >= 4 is 5.78 Å². The van der Waals surface area contributed by atoms with E-state index in [1.807, 2.05) is 13.8 Å². The number of hydrogen-bond donors (Lipinski definition) is 2. The summed E-state index contributed by atoms with van der Waals surface area (Å²) in [7, 11) is 0. The second-order valence-corrected chi connectivity index (χ2v) is 7.86. The summed E-state index contributed by atoms with van der Waals surface area (Å²) in [6.45, 7) is 6.30. The van der Waals surface area contributed by atoms with E-state index in [4.69, 9.17) is 5.11 Å². The van der Waals surface area contributed by atoms with Crippen LogP contribution in [0.25, 0.3) is 0 Å². The van der Waals surface area contributed by atoms with E-state index in [1.54, 1.807) is 6.11 Å². The smallest absolute Gasteiger partial charge is 0.211 e. The SMILES string of the molecule is CCC[C@H](C[C@@H](C)C(O)N1[C@H](C)C[C@@H]2CCCC[C@@H]21)C(=O)C#CO. The average Bonchev–Trinajstić information content (AvgIpc) is 2.89. The first-order chi connectivity index (χ1) is 11.5. The van der Waals surface area contributed by atoms with Crippen LogP contribution < -0.4 is 0 Å². The highest BCUT2D eigenvalue weighted by atomic mass is 16.3. The van der Waals surface area contributed by atoms with E-state index in [9.17, 15) is 9.90 Å². The van der Waals surface area contributed by atoms with Crippen LogP contribution >= 0.6 is 0 Å². The molecule has 2 fully saturated rings. The third kappa shape index (κ3) is 4.32. The Morgan fingerprint density at radius 1 is 1.33 bits per heavy atom. The molecule has 4 heteroatoms. The molecule has 1 saturated heterocycles. The molecule has 24 heavy (non-hydrogen) atoms. The number of Topliss-reactive ketones (excluding diaryl/α,β-unsaturated/α-hetero) is 1. The molecule has 1 saturated carbocycles. The molecule has 1 heterocycles. The van der Waals surface area contributed by atoms with E-state index in [2.05, 4.69) is 17.7 Å². The van der Waals surface area contributed by atoms with E-state index in [1.165, 1.54) is 32.1 Å². The van der Waals surface area contributed by atoms with Gasteiger partial charge in [-0.25, -0.2) is 0 Å². The molecule has 0 amide bonds. The fraction of sp³-hybridized carbons (Fsp3) is 0.850. The normalized spacial score (nSPS) is 30.8. The minimum absolute atomic E-state index is 0.0223. The predicted molar refractivity (Wildman–Crippen MR) is 94.6 cm³/mol. The Labute approximate surface area is 146 Å². The molecular formula is C20H33NO3. The summed E-state index contributed by atoms with van der Waals surface area (Å²) >= 11 is 0. The number of aliphatic hydroxyl groups is 2. The summed E-state index contributed by atoms with van der Waals surface area (Å²) in [5.74, 6) is 2.62. The number of aliphatic hydroxyl groups excluding tert-OH is 2. The van der Waals surface area contributed by atoms with Crippen molar-refractivity contribution in [2.24, 2.45) is 17.8 Å². The predicted octanol–water partition coefficient (Wildman–Crippen LogP) is 3.30. The van der Waals surface area contributed by atoms with Gasteiger partial charge in [0.15, 0.2) is 0 Å². The van der Waals surface area contributed by atoms with Crippen LogP contribution in [0.15, 0.2) is 0 Å². The van der Waals surface area contributed by atoms with Crippen molar-refractivity contribution in [3.05, 3.63) is 0 Å². The molecule has 0 aromatic heterocycles. The highest BCUT2D eigenvalue weighted by molar-refractivity contribution is 5.97. The second kappa shape index (κ2) is 8.87. The van der Waals surface area contributed by atoms with Gasteiger partial charge in [-0.05, 0) is 50.9 Å². The lowest BCUT2D eigenvalue weighted by molar-refractivity contribution is -0.119. The fourth-order valence-corrected chi connectivity index (χ4v) is 4.93. The summed E-state index contributed by atoms with van der Waals surface area (Å²) in [6, 6.07) is 0.914. The standard InChI is InChI=1S/C20H33NO3/c1-4-7-17(19(23)10-11-22)12-14(2)20(24)21-15(3)13-16-8-5-6-9-18(16)21/h14-18,20,22,24H,4-9,12-13H2,1-3H3/t14-,15-,16+,17-,18+,20?/m1/s1. The first-order valence-corrected chi connectivity index (χ1v) is 9.64. The van der Waals surface area contributed by atoms with Gasteiger partial charge < -0.3 is 10.2 Å². The van der Waals surface area contributed by atoms with Gasteiger partial charge in [0.1, 0.15) is 12.3 Å². The summed E-state index contributed by atoms with van der Waals surface area (Å²) in [5, 5.41) is 19.7. The maximum atomic E-state index is 12.1. The molecule has 4 nitrogen and oxygen atoms in total. The Morgan fingerprint density at radius 3 is 2.71 bits per heavy atom. The van der Waals surface area contributed by atoms with Crippen molar-refractivity contribution in [1.29, 1.82) is 0 Å². The zero-order valence-corrected chi connectivity index (χ0v) is 15.4. The molecule has 1 aliphatic heterocycles. The van der Waals surface area contributed by atoms with Gasteiger partial charge in [-0.1, -0.05) is 33.1 Å². The fourth-order valence-electron chi connectivity index (χ4n) is 4.93. The molecule has 0 bridgehead atoms. The number of hydrogen-bond acceptors (Lipinski definition) is 4. The zero-order chi connectivity index (χ0) is 17.7. The number of carbonyl (C=O) groups excluding carboxylic acids is 1. The minimum Gasteiger partial charge on any atom is -0.462 e. The van der Waals surface area contributed by atoms with Crippen molar-refractivity contribution in [2.45, 2.75) is 90.4 Å². The van der Waals surface area contributed by atoms with Gasteiger partial charge in [0.2, 0.25) is 5.78 Å². The van der Waals surface area contributed by atoms with E-state index >= 15 is 0 Å². The van der Waals surface area contributed by atoms with Crippen LogP contribution in [0.5, 0.6) is 0 Å². The van der Waals surface area contributed by atoms with Gasteiger partial charge in [-0.15, -0.1) is 0 Å². The lowest BCUT2D eigenvalue weighted by atomic mass is 9.84. The maximum Gasteiger partial charge on any atom is 0.211 e. The Hall–Kier alpha value is -1.05. The molecule has 0 aromatic rings. The van der Waals surface area contributed by atoms with Gasteiger partial charge >= 0.3 is 0 Å². The van der Waals surface area contributed by atoms with Crippen LogP contribution in [0.3, 0.4) is 0 Å². The number of fused-ring (bicyclic) bond motifs is 1. The molecule has 2 aliphatic rings. The Morgan fingerprint density at radius 2 is 2.04 bits per heavy atom. The Kier molecular flexibility index (Phi) is 7.13. The molecule has 136 valence electrons. The third-order valence-electron chi connectivity index (χ3n) is 6.06. The number of rotatable bonds is 7. The van der Waals surface area contributed by atoms with Crippen molar-refractivity contribution < 1.29 is 15.0 Å². The quantitative estimate of drug-likeness (QED) is 0.701. The lowest BCUT2D eigenvalue weighted by Crippen LogP contribution is -2.48. The summed E-state index contributed by atoms with van der Waals surface area (Å²) in [6.07, 6.45) is 9.76. The largest absolute Gasteiger partial charge is 0.462 e. The van der Waals surface area contributed by atoms with Gasteiger partial charge in [0.05, 0.1) is 0 Å². The van der Waals surface area contributed by atoms with Gasteiger partial charge in [-0.3, -0.25) is 9.69 Å². The molecule has 0 radical (unpaired) electrons. The Bertz CT molecular complexity index is 481. The topological polar surface area (TPSA) is 60.8 Å². The van der Waals surface area contributed by atoms with Gasteiger partial charge in [0.25, 0.3) is 0 Å². The molecule has 1 aliphatic carbocycles. The average molecular weight is 335 g/mol. The van der Waals surface area contributed by atoms with Crippen molar-refractivity contribution in [3.63, 3.8) is 0 Å². The molecular weight excluding hydrogens is 302 g/mol. The molecule has 0 spiro atoms. The van der Waals surface area contributed by atoms with Crippen LogP contribution in [0.1, 0.15) is 72.1 Å². The zero-order valence-electron chi connectivity index (χ0n) is 15.4. The highest BCUT2D eigenvalue weighted by Gasteiger charge is 2.44. The first-order valence-electron chi connectivity index (χ1n) is 9.64. The number of nitrogens with zero attached hydrogens (tertiary/aromatic N) is 1. The van der Waals surface area contributed by atoms with Crippen LogP contribution in [-0.4, -0.2) is 39.2 Å². The summed E-state index contributed by atoms with van der Waals surface area (Å²) in [5.41, 5.74) is 0. The minimum atomic E-state index is -0.498. The van der Waals surface area contributed by atoms with E-state index in [0.717, 1.165) is 18.8 Å². The lowest BCUT2D eigenvalue weighted by Gasteiger charge is -2.39. The van der Waals surface area contributed by atoms with E-state index in [-0.39, 0.29) is 17.6 Å². The summed E-state index contributed by atoms with van der Waals surface area (Å²) in [4.78, 5) is 14.4. The van der Waals surface area contributed by atoms with Crippen molar-refractivity contribution in [3.8, 4) is 12.0 Å². The van der Waals surface area contributed by atoms with Crippen LogP contribution in [0, 0.1) is 29.8 Å². The van der Waals surface area contributed by atoms with Gasteiger partial charge in [0, 0.05) is 23.9 Å². The molecule has 2 N–H and O–H groups in total. The highest BCUT2D eigenvalue weighted by Crippen LogP contribution is 2.41. The van der Waals surface area contributed by atoms with E-state index < -0.39 is 6.23 Å². The molecule has 6 atom stereocenters. The number of carbonyl (C=O) groups is 1. The Balaban J connectivity index is 2.02. The van der Waals surface area contributed by atoms with Crippen LogP contribution in [-0.2, 0) is 4.79 Å². The van der Waals surface area contributed by atoms with Crippen LogP contribution in [0.2, 0.25) is 0 Å². The third-order valence-corrected chi connectivity index (χ3v) is 6.06. The summed E-state index contributed by atoms with van der Waals surface area (Å²) < 4.78 is 0. The van der Waals surface area contributed by atoms with Gasteiger partial charge in [-0.2, -0.15) is 0 Å². The van der Waals surface area contributed by atoms with Crippen molar-refractivity contribution in [1.82, 2.24) is 4.90 Å². The maximum absolute atomic E-state index is 12.1. The second-order valence-electron chi connectivity index (χ2n) is 7.86. The molecule has 0 aromatic carbocycles. The van der Waals surface area contributed by atoms with E-state index in [0.29, 0.717) is 18.5 Å². The van der Waals surface area contributed by atoms with Crippen LogP contribution in [0.4, 0.5) is 0 Å². The molecule has 2 rings (SSSR count). The van der Waals surface area contributed by atoms with Crippen molar-refractivity contribution in [2.75, 3.05) is 0 Å². The number of ketones is 1. The number of likely N-dealkylation sites (tertiary alicyclic amines) is 1. The monoisotopic (exact) mass is 335 g/mol. The molecule has 1 unspecified atom stereocenters.